The van der Waals surface area contributed by atoms with Gasteiger partial charge >= 0.3 is 0 Å². The number of nitrogens with zero attached hydrogens (tertiary/aromatic N) is 3. The second-order valence-corrected chi connectivity index (χ2v) is 5.93. The monoisotopic (exact) mass is 274 g/mol. The van der Waals surface area contributed by atoms with Gasteiger partial charge in [-0.2, -0.15) is 0 Å². The summed E-state index contributed by atoms with van der Waals surface area (Å²) in [5, 5.41) is 3.12. The molecule has 0 aromatic heterocycles. The van der Waals surface area contributed by atoms with E-state index in [4.69, 9.17) is 0 Å². The lowest BCUT2D eigenvalue weighted by molar-refractivity contribution is 0.354. The van der Waals surface area contributed by atoms with Crippen LogP contribution in [0.5, 0.6) is 0 Å². The molecule has 0 fully saturated rings. The molecule has 0 radical (unpaired) electrons. The number of rotatable bonds is 10. The summed E-state index contributed by atoms with van der Waals surface area (Å²) in [6.45, 7) is 4.79. The van der Waals surface area contributed by atoms with Crippen molar-refractivity contribution < 1.29 is 0 Å². The van der Waals surface area contributed by atoms with Crippen molar-refractivity contribution in [1.29, 1.82) is 0 Å². The first-order valence-corrected chi connectivity index (χ1v) is 7.49. The van der Waals surface area contributed by atoms with Gasteiger partial charge in [0.25, 0.3) is 0 Å². The molecule has 0 aliphatic carbocycles. The normalized spacial score (nSPS) is 11.1. The van der Waals surface area contributed by atoms with Gasteiger partial charge in [0, 0.05) is 0 Å². The van der Waals surface area contributed by atoms with Crippen LogP contribution >= 0.6 is 0 Å². The lowest BCUT2D eigenvalue weighted by Gasteiger charge is -2.11. The van der Waals surface area contributed by atoms with Crippen molar-refractivity contribution in [3.05, 3.63) is 0 Å². The third-order valence-corrected chi connectivity index (χ3v) is 2.74. The number of hydrogen-bond acceptors (Lipinski definition) is 4. The lowest BCUT2D eigenvalue weighted by Crippen LogP contribution is -2.17. The zero-order valence-corrected chi connectivity index (χ0v) is 14.5. The Morgan fingerprint density at radius 1 is 0.579 bits per heavy atom. The average Bonchev–Trinajstić information content (AvgIpc) is 2.30. The number of unbranched alkanes of at least 4 members (excludes halogenated alkanes) is 2. The van der Waals surface area contributed by atoms with Crippen LogP contribution in [0, 0.1) is 0 Å². The molecule has 1 N–H and O–H groups in total. The predicted molar refractivity (Wildman–Crippen MR) is 88.1 cm³/mol. The molecule has 0 saturated carbocycles. The molecule has 0 heterocycles. The van der Waals surface area contributed by atoms with E-state index in [1.54, 1.807) is 0 Å². The second-order valence-electron chi connectivity index (χ2n) is 5.93. The quantitative estimate of drug-likeness (QED) is 0.609. The van der Waals surface area contributed by atoms with Gasteiger partial charge in [0.05, 0.1) is 0 Å². The molecule has 0 aliphatic rings. The van der Waals surface area contributed by atoms with Crippen molar-refractivity contribution in [1.82, 2.24) is 20.0 Å². The fourth-order valence-corrected chi connectivity index (χ4v) is 1.59. The van der Waals surface area contributed by atoms with E-state index >= 15 is 0 Å². The van der Waals surface area contributed by atoms with Crippen LogP contribution in [0.4, 0.5) is 0 Å². The summed E-state index contributed by atoms with van der Waals surface area (Å²) >= 11 is 0. The summed E-state index contributed by atoms with van der Waals surface area (Å²) < 4.78 is 0. The average molecular weight is 274 g/mol. The largest absolute Gasteiger partial charge is 0.320 e. The van der Waals surface area contributed by atoms with Crippen molar-refractivity contribution in [3.8, 4) is 0 Å². The van der Waals surface area contributed by atoms with Crippen molar-refractivity contribution in [3.63, 3.8) is 0 Å². The van der Waals surface area contributed by atoms with Crippen LogP contribution in [-0.4, -0.2) is 90.2 Å². The first-order chi connectivity index (χ1) is 8.90. The first-order valence-electron chi connectivity index (χ1n) is 7.49. The molecular formula is C15H38N4. The molecule has 0 amide bonds. The van der Waals surface area contributed by atoms with E-state index < -0.39 is 0 Å². The molecule has 0 aromatic rings. The van der Waals surface area contributed by atoms with Crippen LogP contribution in [0.3, 0.4) is 0 Å². The molecule has 0 spiro atoms. The van der Waals surface area contributed by atoms with Crippen LogP contribution in [0.2, 0.25) is 0 Å². The highest BCUT2D eigenvalue weighted by atomic mass is 15.1. The zero-order valence-electron chi connectivity index (χ0n) is 14.5. The van der Waals surface area contributed by atoms with Gasteiger partial charge in [-0.3, -0.25) is 0 Å². The summed E-state index contributed by atoms with van der Waals surface area (Å²) in [6.07, 6.45) is 5.21. The van der Waals surface area contributed by atoms with Crippen molar-refractivity contribution in [2.75, 3.05) is 75.5 Å². The molecule has 118 valence electrons. The van der Waals surface area contributed by atoms with E-state index in [0.29, 0.717) is 0 Å². The standard InChI is InChI=1S/C8H20N2.C7H18N2/c1-9(2)7-5-6-8-10(3)4;1-8-6-4-5-7-9(2)3/h5-8H2,1-4H3;8H,4-7H2,1-3H3. The van der Waals surface area contributed by atoms with Crippen molar-refractivity contribution in [2.45, 2.75) is 25.7 Å². The van der Waals surface area contributed by atoms with Gasteiger partial charge in [-0.05, 0) is 101 Å². The second kappa shape index (κ2) is 15.9. The number of hydrogen-bond donors (Lipinski definition) is 1. The van der Waals surface area contributed by atoms with Crippen LogP contribution in [0.1, 0.15) is 25.7 Å². The first kappa shape index (κ1) is 21.1. The minimum absolute atomic E-state index is 1.15. The van der Waals surface area contributed by atoms with Gasteiger partial charge < -0.3 is 20.0 Å². The maximum absolute atomic E-state index is 3.12. The highest BCUT2D eigenvalue weighted by molar-refractivity contribution is 4.48. The Hall–Kier alpha value is -0.160. The lowest BCUT2D eigenvalue weighted by atomic mass is 10.3. The maximum Gasteiger partial charge on any atom is -0.00244 e. The fraction of sp³-hybridized carbons (Fsp3) is 1.00. The van der Waals surface area contributed by atoms with E-state index in [-0.39, 0.29) is 0 Å². The SMILES string of the molecule is CN(C)CCCCN(C)C.CNCCCCN(C)C. The third kappa shape index (κ3) is 27.2. The molecule has 19 heavy (non-hydrogen) atoms. The molecule has 0 bridgehead atoms. The Morgan fingerprint density at radius 2 is 0.895 bits per heavy atom. The highest BCUT2D eigenvalue weighted by Crippen LogP contribution is 1.91. The molecule has 4 nitrogen and oxygen atoms in total. The molecule has 0 saturated heterocycles. The Morgan fingerprint density at radius 3 is 1.16 bits per heavy atom. The van der Waals surface area contributed by atoms with Crippen molar-refractivity contribution >= 4 is 0 Å². The van der Waals surface area contributed by atoms with E-state index in [0.717, 1.165) is 6.54 Å². The maximum atomic E-state index is 3.12. The molecule has 0 atom stereocenters. The number of nitrogens with one attached hydrogen (secondary N) is 1. The Bertz CT molecular complexity index is 148. The minimum atomic E-state index is 1.15. The zero-order chi connectivity index (χ0) is 15.1. The van der Waals surface area contributed by atoms with Crippen LogP contribution < -0.4 is 5.32 Å². The van der Waals surface area contributed by atoms with Gasteiger partial charge in [-0.25, -0.2) is 0 Å². The Kier molecular flexibility index (Phi) is 17.7. The molecule has 0 aromatic carbocycles. The van der Waals surface area contributed by atoms with Gasteiger partial charge in [0.1, 0.15) is 0 Å². The van der Waals surface area contributed by atoms with Gasteiger partial charge in [-0.15, -0.1) is 0 Å². The predicted octanol–water partition coefficient (Wildman–Crippen LogP) is 1.44. The summed E-state index contributed by atoms with van der Waals surface area (Å²) in [5.74, 6) is 0. The molecule has 0 rings (SSSR count). The summed E-state index contributed by atoms with van der Waals surface area (Å²) in [7, 11) is 14.7. The molecule has 0 unspecified atom stereocenters. The van der Waals surface area contributed by atoms with Gasteiger partial charge in [0.15, 0.2) is 0 Å². The summed E-state index contributed by atoms with van der Waals surface area (Å²) in [4.78, 5) is 6.68. The highest BCUT2D eigenvalue weighted by Gasteiger charge is 1.91. The van der Waals surface area contributed by atoms with Crippen LogP contribution in [0.25, 0.3) is 0 Å². The van der Waals surface area contributed by atoms with E-state index in [1.165, 1.54) is 45.3 Å². The molecule has 0 aliphatic heterocycles. The Balaban J connectivity index is 0. The van der Waals surface area contributed by atoms with E-state index in [1.807, 2.05) is 7.05 Å². The topological polar surface area (TPSA) is 21.8 Å². The molecule has 4 heteroatoms. The smallest absolute Gasteiger partial charge is 0.00244 e. The summed E-state index contributed by atoms with van der Waals surface area (Å²) in [5.41, 5.74) is 0. The van der Waals surface area contributed by atoms with Gasteiger partial charge in [-0.1, -0.05) is 0 Å². The Labute approximate surface area is 122 Å². The minimum Gasteiger partial charge on any atom is -0.320 e. The van der Waals surface area contributed by atoms with Crippen LogP contribution in [0.15, 0.2) is 0 Å². The fourth-order valence-electron chi connectivity index (χ4n) is 1.59. The van der Waals surface area contributed by atoms with E-state index in [9.17, 15) is 0 Å². The molecular weight excluding hydrogens is 236 g/mol. The summed E-state index contributed by atoms with van der Waals surface area (Å²) in [6, 6.07) is 0. The van der Waals surface area contributed by atoms with Gasteiger partial charge in [0.2, 0.25) is 0 Å². The third-order valence-electron chi connectivity index (χ3n) is 2.74. The van der Waals surface area contributed by atoms with Crippen molar-refractivity contribution in [2.24, 2.45) is 0 Å². The van der Waals surface area contributed by atoms with Crippen LogP contribution in [-0.2, 0) is 0 Å². The van der Waals surface area contributed by atoms with E-state index in [2.05, 4.69) is 62.3 Å².